The van der Waals surface area contributed by atoms with Crippen molar-refractivity contribution in [1.82, 2.24) is 4.98 Å². The number of hydrogen-bond donors (Lipinski definition) is 0. The molecule has 3 aromatic rings. The summed E-state index contributed by atoms with van der Waals surface area (Å²) in [5.41, 5.74) is 7.36. The summed E-state index contributed by atoms with van der Waals surface area (Å²) in [6, 6.07) is 9.93. The highest BCUT2D eigenvalue weighted by Crippen LogP contribution is 2.36. The summed E-state index contributed by atoms with van der Waals surface area (Å²) in [6.45, 7) is 10.5. The molecule has 1 aliphatic heterocycles. The van der Waals surface area contributed by atoms with Crippen LogP contribution in [0.25, 0.3) is 20.4 Å². The van der Waals surface area contributed by atoms with Crippen molar-refractivity contribution in [2.24, 2.45) is 0 Å². The first-order valence-corrected chi connectivity index (χ1v) is 10.9. The molecule has 29 heavy (non-hydrogen) atoms. The molecule has 156 valence electrons. The largest absolute Gasteiger partial charge is 1.00 e. The molecule has 1 aliphatic rings. The minimum absolute atomic E-state index is 0. The van der Waals surface area contributed by atoms with E-state index in [0.29, 0.717) is 12.1 Å². The molecule has 2 unspecified atom stereocenters. The summed E-state index contributed by atoms with van der Waals surface area (Å²) in [6.07, 6.45) is 0.989. The molecule has 0 amide bonds. The maximum Gasteiger partial charge on any atom is 0.259 e. The molecule has 4 rings (SSSR count). The van der Waals surface area contributed by atoms with Crippen molar-refractivity contribution in [3.8, 4) is 0 Å². The highest BCUT2D eigenvalue weighted by Gasteiger charge is 2.28. The average molecular weight is 523 g/mol. The quantitative estimate of drug-likeness (QED) is 0.300. The molecule has 0 bridgehead atoms. The van der Waals surface area contributed by atoms with Crippen molar-refractivity contribution in [3.63, 3.8) is 0 Å². The number of anilines is 2. The van der Waals surface area contributed by atoms with Crippen molar-refractivity contribution in [3.05, 3.63) is 35.4 Å². The fourth-order valence-corrected chi connectivity index (χ4v) is 5.40. The van der Waals surface area contributed by atoms with Gasteiger partial charge in [-0.3, -0.25) is 0 Å². The second-order valence-electron chi connectivity index (χ2n) is 8.17. The van der Waals surface area contributed by atoms with Gasteiger partial charge < -0.3 is 38.5 Å². The number of benzene rings is 2. The van der Waals surface area contributed by atoms with Crippen molar-refractivity contribution in [2.75, 3.05) is 37.1 Å². The van der Waals surface area contributed by atoms with Crippen LogP contribution in [-0.4, -0.2) is 44.4 Å². The third kappa shape index (κ3) is 4.16. The highest BCUT2D eigenvalue weighted by atomic mass is 127. The number of nitrogens with zero attached hydrogens (tertiary/aromatic N) is 3. The van der Waals surface area contributed by atoms with E-state index in [-0.39, 0.29) is 24.0 Å². The number of aromatic nitrogens is 1. The fourth-order valence-electron chi connectivity index (χ4n) is 4.22. The lowest BCUT2D eigenvalue weighted by Crippen LogP contribution is -3.00. The van der Waals surface area contributed by atoms with Gasteiger partial charge in [0.2, 0.25) is 11.3 Å². The SMILES string of the molecule is CCc1cc(N(C)C)cc2[s+]c3cc(N4C(C)COCC4C)cc(C)c3nc12.[I-]. The van der Waals surface area contributed by atoms with Gasteiger partial charge in [-0.1, -0.05) is 6.92 Å². The molecule has 2 aromatic carbocycles. The smallest absolute Gasteiger partial charge is 0.259 e. The van der Waals surface area contributed by atoms with Crippen LogP contribution in [0.4, 0.5) is 11.4 Å². The first-order valence-electron chi connectivity index (χ1n) is 10.1. The fraction of sp³-hybridized carbons (Fsp3) is 0.478. The van der Waals surface area contributed by atoms with E-state index in [1.807, 2.05) is 11.3 Å². The third-order valence-corrected chi connectivity index (χ3v) is 6.76. The number of aryl methyl sites for hydroxylation is 2. The van der Waals surface area contributed by atoms with E-state index in [1.54, 1.807) is 0 Å². The molecular weight excluding hydrogens is 493 g/mol. The van der Waals surface area contributed by atoms with Crippen LogP contribution >= 0.6 is 11.3 Å². The van der Waals surface area contributed by atoms with Gasteiger partial charge in [-0.2, -0.15) is 0 Å². The monoisotopic (exact) mass is 523 g/mol. The lowest BCUT2D eigenvalue weighted by Gasteiger charge is -2.40. The van der Waals surface area contributed by atoms with Gasteiger partial charge in [0.1, 0.15) is 11.0 Å². The van der Waals surface area contributed by atoms with Gasteiger partial charge in [-0.05, 0) is 50.5 Å². The molecule has 1 fully saturated rings. The summed E-state index contributed by atoms with van der Waals surface area (Å²) in [5, 5.41) is 0. The molecular formula is C23H30IN3OS. The van der Waals surface area contributed by atoms with E-state index in [1.165, 1.54) is 31.9 Å². The highest BCUT2D eigenvalue weighted by molar-refractivity contribution is 7.24. The van der Waals surface area contributed by atoms with Crippen molar-refractivity contribution < 1.29 is 28.7 Å². The molecule has 0 spiro atoms. The van der Waals surface area contributed by atoms with E-state index in [4.69, 9.17) is 9.72 Å². The maximum atomic E-state index is 5.73. The van der Waals surface area contributed by atoms with Crippen molar-refractivity contribution in [1.29, 1.82) is 0 Å². The molecule has 1 aromatic heterocycles. The first-order chi connectivity index (χ1) is 13.4. The van der Waals surface area contributed by atoms with Crippen LogP contribution in [0.1, 0.15) is 31.9 Å². The van der Waals surface area contributed by atoms with Gasteiger partial charge in [0.25, 0.3) is 9.40 Å². The summed E-state index contributed by atoms with van der Waals surface area (Å²) >= 11 is 1.86. The Kier molecular flexibility index (Phi) is 6.85. The van der Waals surface area contributed by atoms with Gasteiger partial charge in [0.15, 0.2) is 0 Å². The standard InChI is InChI=1S/C23H30N3OS.HI/c1-7-17-9-18(25(5)6)10-21-23(17)24-22-14(2)8-19(11-20(22)28-21)26-15(3)12-27-13-16(26)4;/h8-11,15-16H,7,12-13H2,1-6H3;1H/q+1;/p-1. The van der Waals surface area contributed by atoms with Crippen LogP contribution in [0.5, 0.6) is 0 Å². The second kappa shape index (κ2) is 8.86. The normalized spacial score (nSPS) is 19.4. The Morgan fingerprint density at radius 3 is 2.34 bits per heavy atom. The predicted octanol–water partition coefficient (Wildman–Crippen LogP) is 2.29. The van der Waals surface area contributed by atoms with Crippen LogP contribution in [0.2, 0.25) is 0 Å². The topological polar surface area (TPSA) is 28.6 Å². The number of rotatable bonds is 3. The third-order valence-electron chi connectivity index (χ3n) is 5.70. The number of ether oxygens (including phenoxy) is 1. The zero-order valence-electron chi connectivity index (χ0n) is 18.1. The predicted molar refractivity (Wildman–Crippen MR) is 122 cm³/mol. The van der Waals surface area contributed by atoms with Crippen molar-refractivity contribution >= 4 is 43.1 Å². The van der Waals surface area contributed by atoms with Gasteiger partial charge in [0, 0.05) is 49.7 Å². The van der Waals surface area contributed by atoms with Crippen LogP contribution in [-0.2, 0) is 11.2 Å². The average Bonchev–Trinajstić information content (AvgIpc) is 2.65. The van der Waals surface area contributed by atoms with Gasteiger partial charge in [0.05, 0.1) is 13.2 Å². The lowest BCUT2D eigenvalue weighted by atomic mass is 10.1. The van der Waals surface area contributed by atoms with E-state index in [9.17, 15) is 0 Å². The molecule has 0 N–H and O–H groups in total. The van der Waals surface area contributed by atoms with Gasteiger partial charge in [-0.25, -0.2) is 4.98 Å². The summed E-state index contributed by atoms with van der Waals surface area (Å²) in [7, 11) is 4.20. The zero-order valence-corrected chi connectivity index (χ0v) is 21.1. The molecule has 0 saturated carbocycles. The number of fused-ring (bicyclic) bond motifs is 2. The Morgan fingerprint density at radius 2 is 1.72 bits per heavy atom. The van der Waals surface area contributed by atoms with E-state index < -0.39 is 0 Å². The Hall–Kier alpha value is -1.25. The van der Waals surface area contributed by atoms with E-state index in [0.717, 1.165) is 30.7 Å². The molecule has 0 aliphatic carbocycles. The van der Waals surface area contributed by atoms with Crippen LogP contribution < -0.4 is 33.8 Å². The van der Waals surface area contributed by atoms with E-state index >= 15 is 0 Å². The molecule has 1 saturated heterocycles. The Balaban J connectivity index is 0.00000240. The van der Waals surface area contributed by atoms with Crippen molar-refractivity contribution in [2.45, 2.75) is 46.2 Å². The zero-order chi connectivity index (χ0) is 20.0. The number of morpholine rings is 1. The van der Waals surface area contributed by atoms with Crippen LogP contribution in [0.3, 0.4) is 0 Å². The number of hydrogen-bond acceptors (Lipinski definition) is 4. The molecule has 0 radical (unpaired) electrons. The Labute approximate surface area is 194 Å². The Bertz CT molecular complexity index is 1030. The summed E-state index contributed by atoms with van der Waals surface area (Å²) in [5.74, 6) is 0. The molecule has 2 heterocycles. The minimum atomic E-state index is 0. The molecule has 6 heteroatoms. The van der Waals surface area contributed by atoms with Gasteiger partial charge in [-0.15, -0.1) is 0 Å². The lowest BCUT2D eigenvalue weighted by molar-refractivity contribution is -0.00000622. The van der Waals surface area contributed by atoms with Gasteiger partial charge >= 0.3 is 0 Å². The molecule has 4 nitrogen and oxygen atoms in total. The maximum absolute atomic E-state index is 5.73. The summed E-state index contributed by atoms with van der Waals surface area (Å²) in [4.78, 5) is 9.80. The number of halogens is 1. The van der Waals surface area contributed by atoms with Crippen LogP contribution in [0.15, 0.2) is 24.3 Å². The minimum Gasteiger partial charge on any atom is -1.00 e. The van der Waals surface area contributed by atoms with E-state index in [2.05, 4.69) is 75.9 Å². The second-order valence-corrected chi connectivity index (χ2v) is 9.25. The Morgan fingerprint density at radius 1 is 1.07 bits per heavy atom. The molecule has 2 atom stereocenters. The van der Waals surface area contributed by atoms with Crippen LogP contribution in [0, 0.1) is 6.92 Å². The summed E-state index contributed by atoms with van der Waals surface area (Å²) < 4.78 is 8.24. The first kappa shape index (κ1) is 22.4.